The first-order chi connectivity index (χ1) is 24.8. The van der Waals surface area contributed by atoms with Crippen LogP contribution in [0.1, 0.15) is 122 Å². The molecule has 0 N–H and O–H groups in total. The number of carbonyl (C=O) groups excluding carboxylic acids is 2. The number of halogens is 2. The topological polar surface area (TPSA) is 79.3 Å². The molecular weight excluding hydrogens is 689 g/mol. The Hall–Kier alpha value is -4.85. The van der Waals surface area contributed by atoms with Gasteiger partial charge in [0.1, 0.15) is 5.82 Å². The molecule has 0 fully saturated rings. The number of hydrogen-bond donors (Lipinski definition) is 0. The number of para-hydroxylation sites is 2. The Balaban J connectivity index is 1.64. The van der Waals surface area contributed by atoms with Crippen LogP contribution in [0.4, 0.5) is 23.0 Å². The summed E-state index contributed by atoms with van der Waals surface area (Å²) in [5.74, 6) is 1.85. The van der Waals surface area contributed by atoms with Gasteiger partial charge < -0.3 is 0 Å². The molecule has 7 nitrogen and oxygen atoms in total. The molecule has 1 aliphatic carbocycles. The van der Waals surface area contributed by atoms with Crippen molar-refractivity contribution < 1.29 is 9.59 Å². The van der Waals surface area contributed by atoms with Gasteiger partial charge in [0.15, 0.2) is 23.2 Å². The highest BCUT2D eigenvalue weighted by Gasteiger charge is 2.41. The number of fused-ring (bicyclic) bond motifs is 3. The van der Waals surface area contributed by atoms with Crippen molar-refractivity contribution in [3.8, 4) is 0 Å². The second-order valence-corrected chi connectivity index (χ2v) is 15.5. The standard InChI is InChI=1S/C43H41Cl2N5O2/c1-22(2)26-11-9-12-27(23(3)4)38(26)49-37(16-15-31-40(51)30-17-18-46-21-32(30)41(31)52)50(39-28(24(5)6)13-10-14-29(39)25(7)8)43-42(49)47-35-19-33(44)34(45)20-36(35)48-43/h9-25H,1-8H3/b31-15+. The van der Waals surface area contributed by atoms with Crippen molar-refractivity contribution in [2.45, 2.75) is 79.1 Å². The van der Waals surface area contributed by atoms with E-state index >= 15 is 0 Å². The second-order valence-electron chi connectivity index (χ2n) is 14.7. The maximum Gasteiger partial charge on any atom is 0.199 e. The van der Waals surface area contributed by atoms with Crippen LogP contribution in [0.3, 0.4) is 0 Å². The molecule has 52 heavy (non-hydrogen) atoms. The highest BCUT2D eigenvalue weighted by Crippen LogP contribution is 2.54. The average Bonchev–Trinajstić information content (AvgIpc) is 3.54. The van der Waals surface area contributed by atoms with Crippen molar-refractivity contribution in [1.29, 1.82) is 0 Å². The summed E-state index contributed by atoms with van der Waals surface area (Å²) in [6.07, 6.45) is 6.53. The van der Waals surface area contributed by atoms with Crippen molar-refractivity contribution >= 4 is 68.8 Å². The smallest absolute Gasteiger partial charge is 0.199 e. The van der Waals surface area contributed by atoms with Crippen LogP contribution < -0.4 is 9.80 Å². The van der Waals surface area contributed by atoms with E-state index in [1.54, 1.807) is 24.3 Å². The average molecular weight is 731 g/mol. The Bertz CT molecular complexity index is 2150. The third kappa shape index (κ3) is 5.80. The predicted molar refractivity (Wildman–Crippen MR) is 212 cm³/mol. The fourth-order valence-corrected chi connectivity index (χ4v) is 7.57. The zero-order valence-electron chi connectivity index (χ0n) is 30.6. The van der Waals surface area contributed by atoms with E-state index in [4.69, 9.17) is 33.2 Å². The number of anilines is 4. The van der Waals surface area contributed by atoms with Gasteiger partial charge in [-0.25, -0.2) is 9.97 Å². The molecule has 5 aromatic rings. The number of ketones is 2. The lowest BCUT2D eigenvalue weighted by Gasteiger charge is -2.32. The molecule has 0 atom stereocenters. The summed E-state index contributed by atoms with van der Waals surface area (Å²) in [5.41, 5.74) is 8.41. The first kappa shape index (κ1) is 35.5. The number of allylic oxidation sites excluding steroid dienone is 3. The van der Waals surface area contributed by atoms with Gasteiger partial charge in [0.2, 0.25) is 0 Å². The van der Waals surface area contributed by atoms with Crippen molar-refractivity contribution in [1.82, 2.24) is 15.0 Å². The summed E-state index contributed by atoms with van der Waals surface area (Å²) in [6.45, 7) is 17.5. The Labute approximate surface area is 315 Å². The number of nitrogens with zero attached hydrogens (tertiary/aromatic N) is 5. The molecule has 0 radical (unpaired) electrons. The van der Waals surface area contributed by atoms with Crippen LogP contribution in [-0.4, -0.2) is 26.5 Å². The zero-order chi connectivity index (χ0) is 37.2. The van der Waals surface area contributed by atoms with Crippen molar-refractivity contribution in [3.05, 3.63) is 134 Å². The van der Waals surface area contributed by atoms with E-state index in [2.05, 4.69) is 107 Å². The Morgan fingerprint density at radius 3 is 1.42 bits per heavy atom. The summed E-state index contributed by atoms with van der Waals surface area (Å²) in [5, 5.41) is 0.769. The molecule has 9 heteroatoms. The number of hydrogen-bond acceptors (Lipinski definition) is 7. The maximum atomic E-state index is 13.7. The van der Waals surface area contributed by atoms with Crippen LogP contribution in [0.5, 0.6) is 0 Å². The number of Topliss-reactive ketones (excluding diaryl/α,β-unsaturated/α-hetero) is 2. The third-order valence-corrected chi connectivity index (χ3v) is 10.6. The van der Waals surface area contributed by atoms with Crippen LogP contribution in [0, 0.1) is 0 Å². The van der Waals surface area contributed by atoms with E-state index in [1.807, 2.05) is 6.08 Å². The summed E-state index contributed by atoms with van der Waals surface area (Å²) in [4.78, 5) is 46.5. The SMILES string of the molecule is CC(C)c1cccc(C(C)C)c1N1C(=C/C=C2\C(=O)c3ccncc3C2=O)N(c2c(C(C)C)cccc2C(C)C)c2nc3cc(Cl)c(Cl)cc3nc21. The lowest BCUT2D eigenvalue weighted by molar-refractivity contribution is 0.0988. The van der Waals surface area contributed by atoms with Crippen LogP contribution in [-0.2, 0) is 0 Å². The van der Waals surface area contributed by atoms with E-state index in [1.165, 1.54) is 12.4 Å². The summed E-state index contributed by atoms with van der Waals surface area (Å²) < 4.78 is 0. The Kier molecular flexibility index (Phi) is 9.30. The quantitative estimate of drug-likeness (QED) is 0.122. The molecule has 0 saturated carbocycles. The van der Waals surface area contributed by atoms with Crippen LogP contribution in [0.15, 0.2) is 90.5 Å². The van der Waals surface area contributed by atoms with Crippen LogP contribution in [0.25, 0.3) is 11.0 Å². The highest BCUT2D eigenvalue weighted by atomic mass is 35.5. The monoisotopic (exact) mass is 729 g/mol. The maximum absolute atomic E-state index is 13.7. The molecule has 3 aromatic carbocycles. The molecule has 1 aliphatic heterocycles. The van der Waals surface area contributed by atoms with Crippen molar-refractivity contribution in [2.24, 2.45) is 0 Å². The molecule has 0 bridgehead atoms. The minimum Gasteiger partial charge on any atom is -0.288 e. The highest BCUT2D eigenvalue weighted by molar-refractivity contribution is 6.42. The molecule has 2 aliphatic rings. The van der Waals surface area contributed by atoms with E-state index in [9.17, 15) is 9.59 Å². The molecule has 0 saturated heterocycles. The fourth-order valence-electron chi connectivity index (χ4n) is 7.26. The molecule has 0 unspecified atom stereocenters. The number of pyridine rings is 1. The predicted octanol–water partition coefficient (Wildman–Crippen LogP) is 12.0. The Morgan fingerprint density at radius 2 is 1.02 bits per heavy atom. The first-order valence-electron chi connectivity index (χ1n) is 17.8. The van der Waals surface area contributed by atoms with Gasteiger partial charge in [-0.1, -0.05) is 115 Å². The van der Waals surface area contributed by atoms with E-state index in [0.29, 0.717) is 49.7 Å². The minimum atomic E-state index is -0.347. The minimum absolute atomic E-state index is 0.0819. The van der Waals surface area contributed by atoms with Gasteiger partial charge in [0.05, 0.1) is 43.6 Å². The zero-order valence-corrected chi connectivity index (χ0v) is 32.1. The summed E-state index contributed by atoms with van der Waals surface area (Å²) >= 11 is 13.1. The van der Waals surface area contributed by atoms with E-state index < -0.39 is 0 Å². The van der Waals surface area contributed by atoms with Crippen LogP contribution in [0.2, 0.25) is 10.0 Å². The molecular formula is C43H41Cl2N5O2. The summed E-state index contributed by atoms with van der Waals surface area (Å²) in [7, 11) is 0. The molecule has 3 heterocycles. The van der Waals surface area contributed by atoms with Gasteiger partial charge in [-0.3, -0.25) is 24.4 Å². The van der Waals surface area contributed by atoms with Gasteiger partial charge in [-0.2, -0.15) is 0 Å². The lowest BCUT2D eigenvalue weighted by Crippen LogP contribution is -2.26. The fraction of sp³-hybridized carbons (Fsp3) is 0.279. The van der Waals surface area contributed by atoms with Gasteiger partial charge >= 0.3 is 0 Å². The van der Waals surface area contributed by atoms with Crippen LogP contribution >= 0.6 is 23.2 Å². The number of rotatable bonds is 7. The van der Waals surface area contributed by atoms with Crippen molar-refractivity contribution in [3.63, 3.8) is 0 Å². The lowest BCUT2D eigenvalue weighted by atomic mass is 9.91. The largest absolute Gasteiger partial charge is 0.288 e. The molecule has 264 valence electrons. The molecule has 0 amide bonds. The number of aromatic nitrogens is 3. The number of carbonyl (C=O) groups is 2. The van der Waals surface area contributed by atoms with Gasteiger partial charge in [0.25, 0.3) is 0 Å². The number of benzene rings is 3. The van der Waals surface area contributed by atoms with E-state index in [-0.39, 0.29) is 40.8 Å². The summed E-state index contributed by atoms with van der Waals surface area (Å²) in [6, 6.07) is 17.9. The second kappa shape index (κ2) is 13.6. The third-order valence-electron chi connectivity index (χ3n) is 9.88. The van der Waals surface area contributed by atoms with Gasteiger partial charge in [-0.05, 0) is 76.3 Å². The molecule has 0 spiro atoms. The van der Waals surface area contributed by atoms with Crippen molar-refractivity contribution in [2.75, 3.05) is 9.80 Å². The Morgan fingerprint density at radius 1 is 0.596 bits per heavy atom. The normalized spacial score (nSPS) is 15.0. The van der Waals surface area contributed by atoms with E-state index in [0.717, 1.165) is 33.6 Å². The van der Waals surface area contributed by atoms with Gasteiger partial charge in [-0.15, -0.1) is 0 Å². The first-order valence-corrected chi connectivity index (χ1v) is 18.5. The molecule has 7 rings (SSSR count). The molecule has 2 aromatic heterocycles. The van der Waals surface area contributed by atoms with Gasteiger partial charge in [0, 0.05) is 18.0 Å².